The lowest BCUT2D eigenvalue weighted by Gasteiger charge is -2.06. The number of benzene rings is 1. The number of hydrogen-bond donors (Lipinski definition) is 0. The maximum Gasteiger partial charge on any atom is 0.268 e. The van der Waals surface area contributed by atoms with Crippen LogP contribution in [-0.2, 0) is 7.05 Å². The van der Waals surface area contributed by atoms with Crippen molar-refractivity contribution < 1.29 is 9.47 Å². The van der Waals surface area contributed by atoms with Gasteiger partial charge < -0.3 is 14.0 Å². The molecular weight excluding hydrogens is 288 g/mol. The monoisotopic (exact) mass is 302 g/mol. The predicted octanol–water partition coefficient (Wildman–Crippen LogP) is 0.597. The molecule has 1 heterocycles. The fourth-order valence-corrected chi connectivity index (χ4v) is 2.81. The maximum absolute atomic E-state index is 12.1. The van der Waals surface area contributed by atoms with Crippen LogP contribution in [0.3, 0.4) is 0 Å². The Balaban J connectivity index is 2.66. The van der Waals surface area contributed by atoms with Crippen molar-refractivity contribution in [1.29, 1.82) is 5.26 Å². The van der Waals surface area contributed by atoms with E-state index >= 15 is 0 Å². The van der Waals surface area contributed by atoms with Crippen molar-refractivity contribution in [3.8, 4) is 17.6 Å². The molecule has 0 radical (unpaired) electrons. The molecule has 1 aromatic carbocycles. The minimum atomic E-state index is -0.139. The number of nitriles is 1. The van der Waals surface area contributed by atoms with Crippen LogP contribution >= 0.6 is 11.3 Å². The average Bonchev–Trinajstić information content (AvgIpc) is 2.76. The van der Waals surface area contributed by atoms with Crippen molar-refractivity contribution in [3.63, 3.8) is 0 Å². The minimum Gasteiger partial charge on any atom is -0.497 e. The van der Waals surface area contributed by atoms with Crippen LogP contribution in [0.1, 0.15) is 5.56 Å². The zero-order valence-electron chi connectivity index (χ0n) is 11.9. The van der Waals surface area contributed by atoms with Crippen molar-refractivity contribution in [2.45, 2.75) is 0 Å². The van der Waals surface area contributed by atoms with Gasteiger partial charge >= 0.3 is 0 Å². The Labute approximate surface area is 125 Å². The third kappa shape index (κ3) is 2.98. The van der Waals surface area contributed by atoms with Crippen molar-refractivity contribution in [2.75, 3.05) is 14.2 Å². The molecule has 2 rings (SSSR count). The highest BCUT2D eigenvalue weighted by Gasteiger charge is 2.05. The lowest BCUT2D eigenvalue weighted by atomic mass is 10.2. The highest BCUT2D eigenvalue weighted by Crippen LogP contribution is 2.24. The quantitative estimate of drug-likeness (QED) is 0.833. The second-order valence-corrected chi connectivity index (χ2v) is 5.26. The molecule has 1 aromatic heterocycles. The SMILES string of the molecule is COc1ccc(/C=c2\s/c(=C\C#N)n(C)c2=O)c(OC)c1. The van der Waals surface area contributed by atoms with Gasteiger partial charge in [0.15, 0.2) is 0 Å². The summed E-state index contributed by atoms with van der Waals surface area (Å²) in [5, 5.41) is 8.72. The van der Waals surface area contributed by atoms with E-state index in [2.05, 4.69) is 0 Å². The second kappa shape index (κ2) is 6.29. The van der Waals surface area contributed by atoms with E-state index in [4.69, 9.17) is 14.7 Å². The summed E-state index contributed by atoms with van der Waals surface area (Å²) in [6, 6.07) is 7.32. The van der Waals surface area contributed by atoms with Crippen LogP contribution in [0.25, 0.3) is 12.2 Å². The molecule has 21 heavy (non-hydrogen) atoms. The van der Waals surface area contributed by atoms with Gasteiger partial charge in [-0.3, -0.25) is 4.79 Å². The van der Waals surface area contributed by atoms with Crippen molar-refractivity contribution in [3.05, 3.63) is 43.3 Å². The highest BCUT2D eigenvalue weighted by atomic mass is 32.1. The largest absolute Gasteiger partial charge is 0.497 e. The van der Waals surface area contributed by atoms with Gasteiger partial charge in [-0.2, -0.15) is 5.26 Å². The molecule has 0 N–H and O–H groups in total. The van der Waals surface area contributed by atoms with Crippen LogP contribution in [0.15, 0.2) is 23.0 Å². The van der Waals surface area contributed by atoms with Crippen LogP contribution < -0.4 is 24.2 Å². The van der Waals surface area contributed by atoms with E-state index in [0.29, 0.717) is 20.7 Å². The van der Waals surface area contributed by atoms with Crippen molar-refractivity contribution in [2.24, 2.45) is 7.05 Å². The number of thiazole rings is 1. The molecular formula is C15H14N2O3S. The van der Waals surface area contributed by atoms with Gasteiger partial charge in [0.2, 0.25) is 0 Å². The standard InChI is InChI=1S/C15H14N2O3S/c1-17-14(6-7-16)21-13(15(17)18)8-10-4-5-11(19-2)9-12(10)20-3/h4-6,8-9H,1-3H3/b13-8-,14-6-. The van der Waals surface area contributed by atoms with E-state index in [-0.39, 0.29) is 5.56 Å². The van der Waals surface area contributed by atoms with Gasteiger partial charge in [-0.25, -0.2) is 0 Å². The van der Waals surface area contributed by atoms with E-state index in [1.54, 1.807) is 39.5 Å². The van der Waals surface area contributed by atoms with Gasteiger partial charge in [0, 0.05) is 24.8 Å². The van der Waals surface area contributed by atoms with Crippen molar-refractivity contribution in [1.82, 2.24) is 4.57 Å². The lowest BCUT2D eigenvalue weighted by molar-refractivity contribution is 0.393. The van der Waals surface area contributed by atoms with Gasteiger partial charge in [-0.05, 0) is 18.2 Å². The van der Waals surface area contributed by atoms with Crippen LogP contribution in [0.2, 0.25) is 0 Å². The first-order chi connectivity index (χ1) is 10.1. The van der Waals surface area contributed by atoms with Crippen molar-refractivity contribution >= 4 is 23.5 Å². The zero-order chi connectivity index (χ0) is 15.4. The molecule has 0 aliphatic heterocycles. The summed E-state index contributed by atoms with van der Waals surface area (Å²) < 4.78 is 13.1. The summed E-state index contributed by atoms with van der Waals surface area (Å²) >= 11 is 1.26. The van der Waals surface area contributed by atoms with Crippen LogP contribution in [0.4, 0.5) is 0 Å². The first-order valence-electron chi connectivity index (χ1n) is 6.10. The Morgan fingerprint density at radius 2 is 2.10 bits per heavy atom. The topological polar surface area (TPSA) is 64.2 Å². The number of methoxy groups -OCH3 is 2. The molecule has 0 unspecified atom stereocenters. The number of rotatable bonds is 3. The highest BCUT2D eigenvalue weighted by molar-refractivity contribution is 7.07. The number of ether oxygens (including phenoxy) is 2. The summed E-state index contributed by atoms with van der Waals surface area (Å²) in [6.07, 6.45) is 3.11. The van der Waals surface area contributed by atoms with E-state index in [1.807, 2.05) is 12.1 Å². The molecule has 0 spiro atoms. The summed E-state index contributed by atoms with van der Waals surface area (Å²) in [6.45, 7) is 0. The number of aromatic nitrogens is 1. The Bertz CT molecular complexity index is 872. The Morgan fingerprint density at radius 1 is 1.33 bits per heavy atom. The van der Waals surface area contributed by atoms with Gasteiger partial charge in [0.25, 0.3) is 5.56 Å². The zero-order valence-corrected chi connectivity index (χ0v) is 12.7. The average molecular weight is 302 g/mol. The molecule has 0 saturated carbocycles. The molecule has 5 nitrogen and oxygen atoms in total. The van der Waals surface area contributed by atoms with E-state index in [1.165, 1.54) is 22.0 Å². The first-order valence-corrected chi connectivity index (χ1v) is 6.91. The Hall–Kier alpha value is -2.52. The molecule has 0 amide bonds. The van der Waals surface area contributed by atoms with Crippen LogP contribution in [-0.4, -0.2) is 18.8 Å². The fourth-order valence-electron chi connectivity index (χ4n) is 1.84. The maximum atomic E-state index is 12.1. The van der Waals surface area contributed by atoms with Gasteiger partial charge in [0.05, 0.1) is 24.8 Å². The van der Waals surface area contributed by atoms with E-state index in [9.17, 15) is 4.79 Å². The minimum absolute atomic E-state index is 0.139. The lowest BCUT2D eigenvalue weighted by Crippen LogP contribution is -2.28. The van der Waals surface area contributed by atoms with Gasteiger partial charge in [-0.1, -0.05) is 0 Å². The summed E-state index contributed by atoms with van der Waals surface area (Å²) in [7, 11) is 4.79. The summed E-state index contributed by atoms with van der Waals surface area (Å²) in [5.74, 6) is 1.30. The van der Waals surface area contributed by atoms with Gasteiger partial charge in [0.1, 0.15) is 16.2 Å². The fraction of sp³-hybridized carbons (Fsp3) is 0.200. The van der Waals surface area contributed by atoms with Gasteiger partial charge in [-0.15, -0.1) is 11.3 Å². The second-order valence-electron chi connectivity index (χ2n) is 4.19. The third-order valence-electron chi connectivity index (χ3n) is 2.98. The third-order valence-corrected chi connectivity index (χ3v) is 4.09. The molecule has 0 bridgehead atoms. The van der Waals surface area contributed by atoms with Crippen LogP contribution in [0, 0.1) is 11.3 Å². The predicted molar refractivity (Wildman–Crippen MR) is 82.0 cm³/mol. The molecule has 2 aromatic rings. The molecule has 0 aliphatic rings. The molecule has 6 heteroatoms. The summed E-state index contributed by atoms with van der Waals surface area (Å²) in [4.78, 5) is 12.1. The number of nitrogens with zero attached hydrogens (tertiary/aromatic N) is 2. The Morgan fingerprint density at radius 3 is 2.71 bits per heavy atom. The molecule has 0 saturated heterocycles. The summed E-state index contributed by atoms with van der Waals surface area (Å²) in [5.41, 5.74) is 0.639. The Kier molecular flexibility index (Phi) is 4.45. The molecule has 0 atom stereocenters. The van der Waals surface area contributed by atoms with E-state index in [0.717, 1.165) is 5.56 Å². The van der Waals surface area contributed by atoms with E-state index < -0.39 is 0 Å². The normalized spacial score (nSPS) is 12.3. The van der Waals surface area contributed by atoms with Crippen LogP contribution in [0.5, 0.6) is 11.5 Å². The smallest absolute Gasteiger partial charge is 0.268 e. The number of hydrogen-bond acceptors (Lipinski definition) is 5. The molecule has 0 aliphatic carbocycles. The first kappa shape index (κ1) is 14.9. The molecule has 0 fully saturated rings. The molecule has 108 valence electrons.